The number of sulfonamides is 1. The van der Waals surface area contributed by atoms with Gasteiger partial charge in [-0.15, -0.1) is 0 Å². The van der Waals surface area contributed by atoms with Gasteiger partial charge in [0.25, 0.3) is 0 Å². The van der Waals surface area contributed by atoms with Gasteiger partial charge in [0.2, 0.25) is 10.0 Å². The highest BCUT2D eigenvalue weighted by Crippen LogP contribution is 2.21. The largest absolute Gasteiger partial charge is 0.326 e. The van der Waals surface area contributed by atoms with Gasteiger partial charge in [0.05, 0.1) is 4.90 Å². The third kappa shape index (κ3) is 3.14. The predicted molar refractivity (Wildman–Crippen MR) is 75.2 cm³/mol. The van der Waals surface area contributed by atoms with E-state index in [-0.39, 0.29) is 6.54 Å². The van der Waals surface area contributed by atoms with Crippen LogP contribution in [0.15, 0.2) is 29.2 Å². The molecule has 1 fully saturated rings. The fourth-order valence-corrected chi connectivity index (χ4v) is 4.03. The Morgan fingerprint density at radius 2 is 1.89 bits per heavy atom. The van der Waals surface area contributed by atoms with Gasteiger partial charge in [-0.05, 0) is 31.6 Å². The van der Waals surface area contributed by atoms with Crippen molar-refractivity contribution in [3.63, 3.8) is 0 Å². The smallest absolute Gasteiger partial charge is 0.243 e. The maximum absolute atomic E-state index is 12.7. The van der Waals surface area contributed by atoms with Crippen LogP contribution in [-0.2, 0) is 16.6 Å². The normalized spacial score (nSPS) is 19.3. The third-order valence-electron chi connectivity index (χ3n) is 3.49. The van der Waals surface area contributed by atoms with Gasteiger partial charge in [-0.3, -0.25) is 0 Å². The molecule has 0 radical (unpaired) electrons. The number of hydrogen-bond acceptors (Lipinski definition) is 4. The highest BCUT2D eigenvalue weighted by Gasteiger charge is 2.27. The minimum Gasteiger partial charge on any atom is -0.326 e. The molecule has 1 aliphatic rings. The molecule has 1 aliphatic heterocycles. The van der Waals surface area contributed by atoms with Gasteiger partial charge in [0.1, 0.15) is 0 Å². The Morgan fingerprint density at radius 1 is 1.16 bits per heavy atom. The summed E-state index contributed by atoms with van der Waals surface area (Å²) in [6.45, 7) is 3.06. The zero-order chi connectivity index (χ0) is 13.9. The van der Waals surface area contributed by atoms with E-state index in [0.717, 1.165) is 19.5 Å². The molecule has 106 valence electrons. The van der Waals surface area contributed by atoms with Crippen molar-refractivity contribution in [2.45, 2.75) is 17.9 Å². The van der Waals surface area contributed by atoms with Gasteiger partial charge in [-0.25, -0.2) is 8.42 Å². The summed E-state index contributed by atoms with van der Waals surface area (Å²) in [6.07, 6.45) is 0.862. The van der Waals surface area contributed by atoms with E-state index in [0.29, 0.717) is 23.5 Å². The van der Waals surface area contributed by atoms with Crippen LogP contribution in [0, 0.1) is 0 Å². The molecule has 19 heavy (non-hydrogen) atoms. The predicted octanol–water partition coefficient (Wildman–Crippen LogP) is 0.471. The summed E-state index contributed by atoms with van der Waals surface area (Å²) in [7, 11) is -1.41. The number of nitrogens with two attached hydrogens (primary N) is 1. The molecule has 5 nitrogen and oxygen atoms in total. The van der Waals surface area contributed by atoms with Crippen LogP contribution in [0.5, 0.6) is 0 Å². The zero-order valence-corrected chi connectivity index (χ0v) is 12.1. The van der Waals surface area contributed by atoms with Crippen molar-refractivity contribution in [1.82, 2.24) is 9.21 Å². The van der Waals surface area contributed by atoms with Crippen molar-refractivity contribution >= 4 is 10.0 Å². The van der Waals surface area contributed by atoms with Gasteiger partial charge in [-0.2, -0.15) is 4.31 Å². The number of benzene rings is 1. The molecule has 2 N–H and O–H groups in total. The Kier molecular flexibility index (Phi) is 4.57. The van der Waals surface area contributed by atoms with Gasteiger partial charge in [0.15, 0.2) is 0 Å². The van der Waals surface area contributed by atoms with Crippen LogP contribution in [0.1, 0.15) is 12.0 Å². The molecule has 1 saturated heterocycles. The lowest BCUT2D eigenvalue weighted by Crippen LogP contribution is -2.35. The first-order valence-corrected chi connectivity index (χ1v) is 7.96. The van der Waals surface area contributed by atoms with Gasteiger partial charge in [0, 0.05) is 26.2 Å². The molecule has 0 aliphatic carbocycles. The molecular weight excluding hydrogens is 262 g/mol. The van der Waals surface area contributed by atoms with E-state index in [2.05, 4.69) is 4.90 Å². The second-order valence-electron chi connectivity index (χ2n) is 4.87. The maximum Gasteiger partial charge on any atom is 0.243 e. The van der Waals surface area contributed by atoms with Crippen LogP contribution < -0.4 is 5.73 Å². The second-order valence-corrected chi connectivity index (χ2v) is 6.78. The number of nitrogens with zero attached hydrogens (tertiary/aromatic N) is 2. The molecule has 1 aromatic rings. The van der Waals surface area contributed by atoms with Crippen LogP contribution in [0.4, 0.5) is 0 Å². The summed E-state index contributed by atoms with van der Waals surface area (Å²) >= 11 is 0. The molecule has 0 unspecified atom stereocenters. The fourth-order valence-electron chi connectivity index (χ4n) is 2.33. The first-order valence-electron chi connectivity index (χ1n) is 6.52. The van der Waals surface area contributed by atoms with E-state index in [4.69, 9.17) is 5.73 Å². The first-order chi connectivity index (χ1) is 9.05. The Hall–Kier alpha value is -0.950. The average molecular weight is 283 g/mol. The number of hydrogen-bond donors (Lipinski definition) is 1. The summed E-state index contributed by atoms with van der Waals surface area (Å²) < 4.78 is 26.9. The van der Waals surface area contributed by atoms with Crippen molar-refractivity contribution < 1.29 is 8.42 Å². The zero-order valence-electron chi connectivity index (χ0n) is 11.2. The summed E-state index contributed by atoms with van der Waals surface area (Å²) in [5.74, 6) is 0. The molecule has 0 amide bonds. The van der Waals surface area contributed by atoms with E-state index < -0.39 is 10.0 Å². The Morgan fingerprint density at radius 3 is 2.63 bits per heavy atom. The first kappa shape index (κ1) is 14.5. The lowest BCUT2D eigenvalue weighted by Gasteiger charge is -2.21. The van der Waals surface area contributed by atoms with Crippen LogP contribution in [-0.4, -0.2) is 50.8 Å². The second kappa shape index (κ2) is 6.00. The fraction of sp³-hybridized carbons (Fsp3) is 0.538. The maximum atomic E-state index is 12.7. The molecule has 0 atom stereocenters. The highest BCUT2D eigenvalue weighted by molar-refractivity contribution is 7.89. The summed E-state index contributed by atoms with van der Waals surface area (Å²) in [5, 5.41) is 0. The lowest BCUT2D eigenvalue weighted by atomic mass is 10.2. The monoisotopic (exact) mass is 283 g/mol. The lowest BCUT2D eigenvalue weighted by molar-refractivity contribution is 0.347. The van der Waals surface area contributed by atoms with Crippen LogP contribution in [0.3, 0.4) is 0 Å². The van der Waals surface area contributed by atoms with Crippen molar-refractivity contribution in [2.24, 2.45) is 5.73 Å². The van der Waals surface area contributed by atoms with E-state index in [1.807, 2.05) is 13.1 Å². The summed E-state index contributed by atoms with van der Waals surface area (Å²) in [6, 6.07) is 6.98. The molecule has 6 heteroatoms. The molecule has 1 heterocycles. The SMILES string of the molecule is CN1CCCN(S(=O)(=O)c2ccccc2CN)CC1. The molecule has 0 aromatic heterocycles. The Balaban J connectivity index is 2.31. The van der Waals surface area contributed by atoms with Crippen LogP contribution >= 0.6 is 0 Å². The van der Waals surface area contributed by atoms with E-state index >= 15 is 0 Å². The van der Waals surface area contributed by atoms with Gasteiger partial charge < -0.3 is 10.6 Å². The molecule has 0 spiro atoms. The highest BCUT2D eigenvalue weighted by atomic mass is 32.2. The van der Waals surface area contributed by atoms with E-state index in [1.54, 1.807) is 22.5 Å². The van der Waals surface area contributed by atoms with Crippen molar-refractivity contribution in [1.29, 1.82) is 0 Å². The van der Waals surface area contributed by atoms with Crippen molar-refractivity contribution in [2.75, 3.05) is 33.2 Å². The molecular formula is C13H21N3O2S. The van der Waals surface area contributed by atoms with Crippen molar-refractivity contribution in [3.05, 3.63) is 29.8 Å². The van der Waals surface area contributed by atoms with Crippen LogP contribution in [0.2, 0.25) is 0 Å². The van der Waals surface area contributed by atoms with Gasteiger partial charge in [-0.1, -0.05) is 18.2 Å². The Labute approximate surface area is 115 Å². The van der Waals surface area contributed by atoms with Gasteiger partial charge >= 0.3 is 0 Å². The Bertz CT molecular complexity index is 530. The standard InChI is InChI=1S/C13H21N3O2S/c1-15-7-4-8-16(10-9-15)19(17,18)13-6-3-2-5-12(13)11-14/h2-3,5-6H,4,7-11,14H2,1H3. The quantitative estimate of drug-likeness (QED) is 0.876. The third-order valence-corrected chi connectivity index (χ3v) is 5.49. The number of likely N-dealkylation sites (N-methyl/N-ethyl adjacent to an activating group) is 1. The average Bonchev–Trinajstić information content (AvgIpc) is 2.64. The van der Waals surface area contributed by atoms with E-state index in [1.165, 1.54) is 0 Å². The molecule has 0 saturated carbocycles. The van der Waals surface area contributed by atoms with Crippen LogP contribution in [0.25, 0.3) is 0 Å². The minimum absolute atomic E-state index is 0.239. The molecule has 1 aromatic carbocycles. The summed E-state index contributed by atoms with van der Waals surface area (Å²) in [5.41, 5.74) is 6.32. The minimum atomic E-state index is -3.42. The summed E-state index contributed by atoms with van der Waals surface area (Å²) in [4.78, 5) is 2.51. The molecule has 0 bridgehead atoms. The van der Waals surface area contributed by atoms with Crippen molar-refractivity contribution in [3.8, 4) is 0 Å². The number of rotatable bonds is 3. The molecule has 2 rings (SSSR count). The topological polar surface area (TPSA) is 66.6 Å². The van der Waals surface area contributed by atoms with E-state index in [9.17, 15) is 8.42 Å².